The fourth-order valence-corrected chi connectivity index (χ4v) is 5.53. The number of amides is 3. The summed E-state index contributed by atoms with van der Waals surface area (Å²) in [6, 6.07) is 9.66. The van der Waals surface area contributed by atoms with E-state index in [1.54, 1.807) is 4.90 Å². The summed E-state index contributed by atoms with van der Waals surface area (Å²) in [4.78, 5) is 45.8. The van der Waals surface area contributed by atoms with Gasteiger partial charge in [-0.05, 0) is 71.0 Å². The zero-order valence-electron chi connectivity index (χ0n) is 23.3. The van der Waals surface area contributed by atoms with E-state index in [0.717, 1.165) is 64.0 Å². The maximum absolute atomic E-state index is 13.2. The second kappa shape index (κ2) is 12.8. The second-order valence-electron chi connectivity index (χ2n) is 11.8. The molecular weight excluding hydrogens is 484 g/mol. The number of carbonyl (C=O) groups excluding carboxylic acids is 3. The summed E-state index contributed by atoms with van der Waals surface area (Å²) in [6.45, 7) is 12.5. The van der Waals surface area contributed by atoms with Gasteiger partial charge in [0.05, 0.1) is 0 Å². The number of carbonyl (C=O) groups is 3. The molecule has 3 aliphatic heterocycles. The van der Waals surface area contributed by atoms with Gasteiger partial charge in [0.1, 0.15) is 12.2 Å². The largest absolute Gasteiger partial charge is 0.445 e. The highest BCUT2D eigenvalue weighted by atomic mass is 16.6. The fraction of sp³-hybridized carbons (Fsp3) is 0.690. The van der Waals surface area contributed by atoms with Crippen LogP contribution in [-0.4, -0.2) is 102 Å². The monoisotopic (exact) mass is 528 g/mol. The van der Waals surface area contributed by atoms with Crippen LogP contribution in [0.2, 0.25) is 0 Å². The van der Waals surface area contributed by atoms with Crippen LogP contribution in [0.25, 0.3) is 0 Å². The van der Waals surface area contributed by atoms with Crippen molar-refractivity contribution in [2.45, 2.75) is 58.7 Å². The summed E-state index contributed by atoms with van der Waals surface area (Å²) in [5, 5.41) is 0. The molecule has 0 aliphatic carbocycles. The molecule has 210 valence electrons. The van der Waals surface area contributed by atoms with Gasteiger partial charge in [0, 0.05) is 51.7 Å². The molecule has 3 aliphatic rings. The van der Waals surface area contributed by atoms with E-state index in [1.165, 1.54) is 0 Å². The lowest BCUT2D eigenvalue weighted by Gasteiger charge is -2.40. The smallest absolute Gasteiger partial charge is 0.410 e. The molecule has 3 heterocycles. The van der Waals surface area contributed by atoms with Crippen molar-refractivity contribution in [1.29, 1.82) is 0 Å². The van der Waals surface area contributed by atoms with Gasteiger partial charge in [0.15, 0.2) is 0 Å². The minimum atomic E-state index is -0.461. The third-order valence-electron chi connectivity index (χ3n) is 7.77. The maximum atomic E-state index is 13.2. The van der Waals surface area contributed by atoms with Crippen molar-refractivity contribution in [2.75, 3.05) is 58.9 Å². The predicted octanol–water partition coefficient (Wildman–Crippen LogP) is 3.83. The standard InChI is InChI=1S/C29H44N4O5/c1-29(2,3)38-28(36)32-15-9-23(10-16-32)21-30-13-11-25(12-14-30)26(34)31-17-19-33(20-18-31)27(35)37-22-24-7-5-4-6-8-24/h4-8,23,25H,9-22H2,1-3H3. The molecule has 9 heteroatoms. The summed E-state index contributed by atoms with van der Waals surface area (Å²) < 4.78 is 10.9. The van der Waals surface area contributed by atoms with E-state index >= 15 is 0 Å². The Morgan fingerprint density at radius 3 is 1.95 bits per heavy atom. The SMILES string of the molecule is CC(C)(C)OC(=O)N1CCC(CN2CCC(C(=O)N3CCN(C(=O)OCc4ccccc4)CC3)CC2)CC1. The average Bonchev–Trinajstić information content (AvgIpc) is 2.92. The van der Waals surface area contributed by atoms with E-state index in [1.807, 2.05) is 60.9 Å². The van der Waals surface area contributed by atoms with Crippen molar-refractivity contribution < 1.29 is 23.9 Å². The number of piperidine rings is 2. The number of piperazine rings is 1. The highest BCUT2D eigenvalue weighted by Crippen LogP contribution is 2.25. The molecule has 3 amide bonds. The van der Waals surface area contributed by atoms with Crippen molar-refractivity contribution in [2.24, 2.45) is 11.8 Å². The molecule has 0 N–H and O–H groups in total. The Hall–Kier alpha value is -2.81. The number of benzene rings is 1. The summed E-state index contributed by atoms with van der Waals surface area (Å²) in [5.74, 6) is 0.875. The van der Waals surface area contributed by atoms with E-state index in [0.29, 0.717) is 32.1 Å². The zero-order chi connectivity index (χ0) is 27.1. The first kappa shape index (κ1) is 28.2. The van der Waals surface area contributed by atoms with Crippen LogP contribution in [-0.2, 0) is 20.9 Å². The molecule has 0 atom stereocenters. The summed E-state index contributed by atoms with van der Waals surface area (Å²) in [5.41, 5.74) is 0.504. The van der Waals surface area contributed by atoms with E-state index in [2.05, 4.69) is 4.90 Å². The first-order valence-electron chi connectivity index (χ1n) is 14.1. The first-order chi connectivity index (χ1) is 18.2. The molecule has 3 fully saturated rings. The number of likely N-dealkylation sites (tertiary alicyclic amines) is 2. The third-order valence-corrected chi connectivity index (χ3v) is 7.77. The van der Waals surface area contributed by atoms with Crippen LogP contribution in [0.4, 0.5) is 9.59 Å². The van der Waals surface area contributed by atoms with Gasteiger partial charge in [0.25, 0.3) is 0 Å². The second-order valence-corrected chi connectivity index (χ2v) is 11.8. The van der Waals surface area contributed by atoms with Gasteiger partial charge in [-0.25, -0.2) is 9.59 Å². The van der Waals surface area contributed by atoms with Gasteiger partial charge < -0.3 is 29.1 Å². The van der Waals surface area contributed by atoms with E-state index in [4.69, 9.17) is 9.47 Å². The molecule has 4 rings (SSSR count). The molecule has 0 radical (unpaired) electrons. The number of rotatable bonds is 5. The quantitative estimate of drug-likeness (QED) is 0.578. The van der Waals surface area contributed by atoms with E-state index in [-0.39, 0.29) is 30.6 Å². The van der Waals surface area contributed by atoms with Crippen LogP contribution in [0.1, 0.15) is 52.0 Å². The lowest BCUT2D eigenvalue weighted by Crippen LogP contribution is -2.53. The van der Waals surface area contributed by atoms with Gasteiger partial charge in [-0.2, -0.15) is 0 Å². The van der Waals surface area contributed by atoms with Gasteiger partial charge >= 0.3 is 12.2 Å². The molecule has 0 spiro atoms. The van der Waals surface area contributed by atoms with Crippen LogP contribution in [0.5, 0.6) is 0 Å². The molecule has 9 nitrogen and oxygen atoms in total. The molecule has 0 saturated carbocycles. The summed E-state index contributed by atoms with van der Waals surface area (Å²) >= 11 is 0. The topological polar surface area (TPSA) is 82.6 Å². The predicted molar refractivity (Wildman–Crippen MR) is 144 cm³/mol. The molecular formula is C29H44N4O5. The van der Waals surface area contributed by atoms with Crippen molar-refractivity contribution >= 4 is 18.1 Å². The van der Waals surface area contributed by atoms with Gasteiger partial charge in [-0.3, -0.25) is 4.79 Å². The molecule has 1 aromatic rings. The minimum Gasteiger partial charge on any atom is -0.445 e. The third kappa shape index (κ3) is 8.09. The number of hydrogen-bond donors (Lipinski definition) is 0. The lowest BCUT2D eigenvalue weighted by molar-refractivity contribution is -0.138. The van der Waals surface area contributed by atoms with Crippen molar-refractivity contribution in [3.05, 3.63) is 35.9 Å². The molecule has 0 aromatic heterocycles. The molecule has 0 unspecified atom stereocenters. The minimum absolute atomic E-state index is 0.0665. The van der Waals surface area contributed by atoms with Crippen LogP contribution in [0.15, 0.2) is 30.3 Å². The van der Waals surface area contributed by atoms with Crippen LogP contribution in [0, 0.1) is 11.8 Å². The number of ether oxygens (including phenoxy) is 2. The Balaban J connectivity index is 1.11. The maximum Gasteiger partial charge on any atom is 0.410 e. The summed E-state index contributed by atoms with van der Waals surface area (Å²) in [7, 11) is 0. The zero-order valence-corrected chi connectivity index (χ0v) is 23.3. The highest BCUT2D eigenvalue weighted by Gasteiger charge is 2.33. The van der Waals surface area contributed by atoms with Crippen molar-refractivity contribution in [3.8, 4) is 0 Å². The number of hydrogen-bond acceptors (Lipinski definition) is 6. The molecule has 1 aromatic carbocycles. The van der Waals surface area contributed by atoms with Crippen LogP contribution < -0.4 is 0 Å². The fourth-order valence-electron chi connectivity index (χ4n) is 5.53. The van der Waals surface area contributed by atoms with Gasteiger partial charge in [0.2, 0.25) is 5.91 Å². The van der Waals surface area contributed by atoms with Crippen LogP contribution in [0.3, 0.4) is 0 Å². The van der Waals surface area contributed by atoms with Crippen molar-refractivity contribution in [3.63, 3.8) is 0 Å². The normalized spacial score (nSPS) is 20.3. The van der Waals surface area contributed by atoms with E-state index in [9.17, 15) is 14.4 Å². The van der Waals surface area contributed by atoms with E-state index < -0.39 is 5.60 Å². The molecule has 0 bridgehead atoms. The van der Waals surface area contributed by atoms with Gasteiger partial charge in [-0.1, -0.05) is 30.3 Å². The molecule has 3 saturated heterocycles. The Bertz CT molecular complexity index is 926. The number of nitrogens with zero attached hydrogens (tertiary/aromatic N) is 4. The first-order valence-corrected chi connectivity index (χ1v) is 14.1. The Morgan fingerprint density at radius 1 is 0.763 bits per heavy atom. The lowest BCUT2D eigenvalue weighted by atomic mass is 9.92. The summed E-state index contributed by atoms with van der Waals surface area (Å²) in [6.07, 6.45) is 3.24. The van der Waals surface area contributed by atoms with Crippen molar-refractivity contribution in [1.82, 2.24) is 19.6 Å². The average molecular weight is 529 g/mol. The highest BCUT2D eigenvalue weighted by molar-refractivity contribution is 5.79. The Morgan fingerprint density at radius 2 is 1.34 bits per heavy atom. The Labute approximate surface area is 227 Å². The van der Waals surface area contributed by atoms with Gasteiger partial charge in [-0.15, -0.1) is 0 Å². The molecule has 38 heavy (non-hydrogen) atoms. The van der Waals surface area contributed by atoms with Crippen LogP contribution >= 0.6 is 0 Å². The Kier molecular flexibility index (Phi) is 9.52.